The van der Waals surface area contributed by atoms with Gasteiger partial charge in [-0.1, -0.05) is 18.2 Å². The highest BCUT2D eigenvalue weighted by atomic mass is 15.2. The molecule has 2 aromatic rings. The second kappa shape index (κ2) is 4.82. The molecular formula is C13H16N4. The van der Waals surface area contributed by atoms with E-state index in [1.807, 2.05) is 43.3 Å². The molecule has 88 valence electrons. The zero-order valence-corrected chi connectivity index (χ0v) is 10.1. The molecule has 1 heterocycles. The maximum absolute atomic E-state index is 4.49. The summed E-state index contributed by atoms with van der Waals surface area (Å²) in [5.41, 5.74) is 0.942. The molecule has 0 saturated heterocycles. The van der Waals surface area contributed by atoms with Gasteiger partial charge in [-0.2, -0.15) is 4.98 Å². The Morgan fingerprint density at radius 3 is 2.76 bits per heavy atom. The van der Waals surface area contributed by atoms with Crippen molar-refractivity contribution in [1.82, 2.24) is 9.97 Å². The average molecular weight is 228 g/mol. The summed E-state index contributed by atoms with van der Waals surface area (Å²) in [5, 5.41) is 4.17. The number of hydrogen-bond acceptors (Lipinski definition) is 4. The Morgan fingerprint density at radius 1 is 1.29 bits per heavy atom. The summed E-state index contributed by atoms with van der Waals surface area (Å²) in [6.45, 7) is 4.33. The van der Waals surface area contributed by atoms with E-state index in [4.69, 9.17) is 0 Å². The molecule has 0 unspecified atom stereocenters. The molecule has 1 aromatic heterocycles. The second-order valence-corrected chi connectivity index (χ2v) is 3.95. The van der Waals surface area contributed by atoms with E-state index in [-0.39, 0.29) is 0 Å². The lowest BCUT2D eigenvalue weighted by molar-refractivity contribution is 1.05. The van der Waals surface area contributed by atoms with Crippen molar-refractivity contribution in [3.8, 4) is 0 Å². The van der Waals surface area contributed by atoms with Crippen LogP contribution < -0.4 is 10.2 Å². The van der Waals surface area contributed by atoms with Crippen LogP contribution in [0.2, 0.25) is 0 Å². The lowest BCUT2D eigenvalue weighted by atomic mass is 10.2. The molecule has 17 heavy (non-hydrogen) atoms. The van der Waals surface area contributed by atoms with Crippen molar-refractivity contribution >= 4 is 22.7 Å². The van der Waals surface area contributed by atoms with Crippen molar-refractivity contribution in [3.63, 3.8) is 0 Å². The van der Waals surface area contributed by atoms with Crippen molar-refractivity contribution in [2.45, 2.75) is 0 Å². The van der Waals surface area contributed by atoms with Gasteiger partial charge in [0.2, 0.25) is 5.95 Å². The van der Waals surface area contributed by atoms with Crippen LogP contribution in [0.5, 0.6) is 0 Å². The molecule has 0 atom stereocenters. The molecule has 0 saturated carbocycles. The first-order valence-electron chi connectivity index (χ1n) is 5.51. The van der Waals surface area contributed by atoms with Gasteiger partial charge in [0.1, 0.15) is 5.82 Å². The number of para-hydroxylation sites is 1. The summed E-state index contributed by atoms with van der Waals surface area (Å²) in [4.78, 5) is 10.9. The number of aromatic nitrogens is 2. The molecule has 2 rings (SSSR count). The molecule has 1 N–H and O–H groups in total. The van der Waals surface area contributed by atoms with Gasteiger partial charge in [-0.25, -0.2) is 4.98 Å². The van der Waals surface area contributed by atoms with Gasteiger partial charge in [0.25, 0.3) is 0 Å². The maximum atomic E-state index is 4.49. The summed E-state index contributed by atoms with van der Waals surface area (Å²) in [6, 6.07) is 7.99. The molecular weight excluding hydrogens is 212 g/mol. The Labute approximate surface area is 101 Å². The van der Waals surface area contributed by atoms with Gasteiger partial charge in [0, 0.05) is 26.0 Å². The van der Waals surface area contributed by atoms with E-state index in [1.165, 1.54) is 0 Å². The predicted octanol–water partition coefficient (Wildman–Crippen LogP) is 2.29. The lowest BCUT2D eigenvalue weighted by Gasteiger charge is -2.15. The molecule has 0 spiro atoms. The summed E-state index contributed by atoms with van der Waals surface area (Å²) in [7, 11) is 3.96. The minimum atomic E-state index is 0.632. The third-order valence-electron chi connectivity index (χ3n) is 2.41. The number of rotatable bonds is 4. The minimum Gasteiger partial charge on any atom is -0.362 e. The highest BCUT2D eigenvalue weighted by Gasteiger charge is 2.07. The Kier molecular flexibility index (Phi) is 3.23. The quantitative estimate of drug-likeness (QED) is 0.815. The molecule has 4 heteroatoms. The molecule has 0 radical (unpaired) electrons. The van der Waals surface area contributed by atoms with Crippen molar-refractivity contribution in [3.05, 3.63) is 36.9 Å². The minimum absolute atomic E-state index is 0.632. The standard InChI is InChI=1S/C13H16N4/c1-4-9-14-13-15-11-8-6-5-7-10(11)12(16-13)17(2)3/h4-8H,1,9H2,2-3H3,(H,14,15,16). The van der Waals surface area contributed by atoms with Crippen LogP contribution >= 0.6 is 0 Å². The van der Waals surface area contributed by atoms with Crippen LogP contribution in [0.4, 0.5) is 11.8 Å². The van der Waals surface area contributed by atoms with Crippen molar-refractivity contribution in [2.24, 2.45) is 0 Å². The first kappa shape index (κ1) is 11.4. The van der Waals surface area contributed by atoms with Crippen LogP contribution in [-0.4, -0.2) is 30.6 Å². The highest BCUT2D eigenvalue weighted by molar-refractivity contribution is 5.90. The molecule has 1 aromatic carbocycles. The Morgan fingerprint density at radius 2 is 2.06 bits per heavy atom. The van der Waals surface area contributed by atoms with Crippen LogP contribution in [0.25, 0.3) is 10.9 Å². The molecule has 0 bridgehead atoms. The third kappa shape index (κ3) is 2.36. The largest absolute Gasteiger partial charge is 0.362 e. The van der Waals surface area contributed by atoms with E-state index >= 15 is 0 Å². The predicted molar refractivity (Wildman–Crippen MR) is 72.6 cm³/mol. The normalized spacial score (nSPS) is 10.2. The topological polar surface area (TPSA) is 41.1 Å². The Hall–Kier alpha value is -2.10. The molecule has 0 aliphatic carbocycles. The summed E-state index contributed by atoms with van der Waals surface area (Å²) in [5.74, 6) is 1.55. The summed E-state index contributed by atoms with van der Waals surface area (Å²) >= 11 is 0. The van der Waals surface area contributed by atoms with Crippen LogP contribution in [0.1, 0.15) is 0 Å². The number of anilines is 2. The Bertz CT molecular complexity index is 534. The van der Waals surface area contributed by atoms with Gasteiger partial charge in [0.05, 0.1) is 5.52 Å². The molecule has 0 fully saturated rings. The van der Waals surface area contributed by atoms with Crippen LogP contribution in [0.15, 0.2) is 36.9 Å². The van der Waals surface area contributed by atoms with Gasteiger partial charge in [-0.05, 0) is 12.1 Å². The van der Waals surface area contributed by atoms with Gasteiger partial charge in [0.15, 0.2) is 0 Å². The fourth-order valence-corrected chi connectivity index (χ4v) is 1.64. The van der Waals surface area contributed by atoms with E-state index in [0.717, 1.165) is 16.7 Å². The van der Waals surface area contributed by atoms with Crippen molar-refractivity contribution in [2.75, 3.05) is 30.9 Å². The smallest absolute Gasteiger partial charge is 0.225 e. The number of nitrogens with one attached hydrogen (secondary N) is 1. The average Bonchev–Trinajstić information content (AvgIpc) is 2.35. The van der Waals surface area contributed by atoms with Crippen LogP contribution in [0.3, 0.4) is 0 Å². The monoisotopic (exact) mass is 228 g/mol. The van der Waals surface area contributed by atoms with Gasteiger partial charge in [-0.15, -0.1) is 6.58 Å². The lowest BCUT2D eigenvalue weighted by Crippen LogP contribution is -2.13. The van der Waals surface area contributed by atoms with E-state index in [1.54, 1.807) is 6.08 Å². The molecule has 0 aliphatic rings. The molecule has 4 nitrogen and oxygen atoms in total. The number of nitrogens with zero attached hydrogens (tertiary/aromatic N) is 3. The summed E-state index contributed by atoms with van der Waals surface area (Å²) in [6.07, 6.45) is 1.79. The SMILES string of the molecule is C=CCNc1nc(N(C)C)c2ccccc2n1. The first-order chi connectivity index (χ1) is 8.22. The zero-order chi connectivity index (χ0) is 12.3. The van der Waals surface area contributed by atoms with Crippen LogP contribution in [0, 0.1) is 0 Å². The number of benzene rings is 1. The van der Waals surface area contributed by atoms with E-state index in [9.17, 15) is 0 Å². The molecule has 0 amide bonds. The van der Waals surface area contributed by atoms with Crippen molar-refractivity contribution in [1.29, 1.82) is 0 Å². The van der Waals surface area contributed by atoms with Gasteiger partial charge >= 0.3 is 0 Å². The van der Waals surface area contributed by atoms with Crippen LogP contribution in [-0.2, 0) is 0 Å². The van der Waals surface area contributed by atoms with E-state index in [0.29, 0.717) is 12.5 Å². The maximum Gasteiger partial charge on any atom is 0.225 e. The number of hydrogen-bond donors (Lipinski definition) is 1. The van der Waals surface area contributed by atoms with E-state index in [2.05, 4.69) is 21.9 Å². The fourth-order valence-electron chi connectivity index (χ4n) is 1.64. The third-order valence-corrected chi connectivity index (χ3v) is 2.41. The van der Waals surface area contributed by atoms with E-state index < -0.39 is 0 Å². The molecule has 0 aliphatic heterocycles. The van der Waals surface area contributed by atoms with Crippen molar-refractivity contribution < 1.29 is 0 Å². The zero-order valence-electron chi connectivity index (χ0n) is 10.1. The first-order valence-corrected chi connectivity index (χ1v) is 5.51. The second-order valence-electron chi connectivity index (χ2n) is 3.95. The Balaban J connectivity index is 2.54. The summed E-state index contributed by atoms with van der Waals surface area (Å²) < 4.78 is 0. The van der Waals surface area contributed by atoms with Gasteiger partial charge < -0.3 is 10.2 Å². The highest BCUT2D eigenvalue weighted by Crippen LogP contribution is 2.23. The number of fused-ring (bicyclic) bond motifs is 1. The van der Waals surface area contributed by atoms with Gasteiger partial charge in [-0.3, -0.25) is 0 Å². The fraction of sp³-hybridized carbons (Fsp3) is 0.231.